The quantitative estimate of drug-likeness (QED) is 0.747. The van der Waals surface area contributed by atoms with Crippen LogP contribution < -0.4 is 0 Å². The Morgan fingerprint density at radius 3 is 2.56 bits per heavy atom. The molecule has 1 amide bonds. The van der Waals surface area contributed by atoms with Gasteiger partial charge in [-0.2, -0.15) is 0 Å². The highest BCUT2D eigenvalue weighted by molar-refractivity contribution is 6.17. The number of hydrogen-bond donors (Lipinski definition) is 0. The molecule has 2 atom stereocenters. The number of amides is 1. The molecule has 18 heavy (non-hydrogen) atoms. The van der Waals surface area contributed by atoms with Gasteiger partial charge in [0.05, 0.1) is 0 Å². The summed E-state index contributed by atoms with van der Waals surface area (Å²) in [5.74, 6) is 1.24. The van der Waals surface area contributed by atoms with Crippen molar-refractivity contribution < 1.29 is 4.79 Å². The molecule has 1 aliphatic heterocycles. The fourth-order valence-corrected chi connectivity index (χ4v) is 2.65. The average Bonchev–Trinajstić information content (AvgIpc) is 2.41. The zero-order chi connectivity index (χ0) is 13.1. The van der Waals surface area contributed by atoms with Gasteiger partial charge in [0.2, 0.25) is 0 Å². The highest BCUT2D eigenvalue weighted by Gasteiger charge is 2.27. The van der Waals surface area contributed by atoms with Crippen molar-refractivity contribution in [3.8, 4) is 0 Å². The molecule has 2 unspecified atom stereocenters. The van der Waals surface area contributed by atoms with Gasteiger partial charge in [-0.25, -0.2) is 0 Å². The lowest BCUT2D eigenvalue weighted by atomic mass is 9.94. The minimum Gasteiger partial charge on any atom is -0.336 e. The Labute approximate surface area is 114 Å². The average molecular weight is 266 g/mol. The third kappa shape index (κ3) is 2.86. The molecule has 0 spiro atoms. The van der Waals surface area contributed by atoms with Gasteiger partial charge in [-0.3, -0.25) is 4.79 Å². The van der Waals surface area contributed by atoms with Crippen molar-refractivity contribution in [2.24, 2.45) is 5.92 Å². The molecular weight excluding hydrogens is 246 g/mol. The second-order valence-electron chi connectivity index (χ2n) is 5.32. The lowest BCUT2D eigenvalue weighted by Gasteiger charge is -2.36. The Morgan fingerprint density at radius 1 is 1.28 bits per heavy atom. The predicted octanol–water partition coefficient (Wildman–Crippen LogP) is 3.69. The fraction of sp³-hybridized carbons (Fsp3) is 0.533. The molecule has 0 aromatic heterocycles. The second kappa shape index (κ2) is 5.75. The molecule has 1 aromatic carbocycles. The highest BCUT2D eigenvalue weighted by atomic mass is 35.5. The van der Waals surface area contributed by atoms with Gasteiger partial charge in [-0.1, -0.05) is 19.1 Å². The maximum atomic E-state index is 12.4. The summed E-state index contributed by atoms with van der Waals surface area (Å²) >= 11 is 5.75. The van der Waals surface area contributed by atoms with Gasteiger partial charge in [-0.05, 0) is 43.4 Å². The molecule has 3 heteroatoms. The molecule has 98 valence electrons. The van der Waals surface area contributed by atoms with Gasteiger partial charge in [-0.15, -0.1) is 11.6 Å². The Balaban J connectivity index is 2.13. The molecule has 0 N–H and O–H groups in total. The summed E-state index contributed by atoms with van der Waals surface area (Å²) in [6.07, 6.45) is 2.32. The Bertz CT molecular complexity index is 415. The van der Waals surface area contributed by atoms with E-state index in [0.717, 1.165) is 24.1 Å². The number of hydrogen-bond acceptors (Lipinski definition) is 1. The lowest BCUT2D eigenvalue weighted by Crippen LogP contribution is -2.44. The first-order valence-corrected chi connectivity index (χ1v) is 7.11. The third-order valence-electron chi connectivity index (χ3n) is 3.73. The van der Waals surface area contributed by atoms with Crippen molar-refractivity contribution in [2.45, 2.75) is 38.6 Å². The zero-order valence-electron chi connectivity index (χ0n) is 11.0. The van der Waals surface area contributed by atoms with Crippen LogP contribution in [0.3, 0.4) is 0 Å². The minimum absolute atomic E-state index is 0.148. The van der Waals surface area contributed by atoms with Gasteiger partial charge >= 0.3 is 0 Å². The predicted molar refractivity (Wildman–Crippen MR) is 74.9 cm³/mol. The number of alkyl halides is 1. The molecule has 1 fully saturated rings. The van der Waals surface area contributed by atoms with E-state index in [1.54, 1.807) is 0 Å². The number of benzene rings is 1. The van der Waals surface area contributed by atoms with Crippen molar-refractivity contribution in [1.82, 2.24) is 4.90 Å². The van der Waals surface area contributed by atoms with E-state index < -0.39 is 0 Å². The molecule has 0 aliphatic carbocycles. The molecule has 0 radical (unpaired) electrons. The minimum atomic E-state index is 0.148. The third-order valence-corrected chi connectivity index (χ3v) is 4.04. The van der Waals surface area contributed by atoms with Crippen LogP contribution >= 0.6 is 11.6 Å². The lowest BCUT2D eigenvalue weighted by molar-refractivity contribution is 0.0574. The van der Waals surface area contributed by atoms with E-state index in [4.69, 9.17) is 11.6 Å². The van der Waals surface area contributed by atoms with Crippen molar-refractivity contribution in [3.05, 3.63) is 35.4 Å². The Morgan fingerprint density at radius 2 is 1.94 bits per heavy atom. The van der Waals surface area contributed by atoms with Crippen LogP contribution in [0.2, 0.25) is 0 Å². The zero-order valence-corrected chi connectivity index (χ0v) is 11.8. The van der Waals surface area contributed by atoms with E-state index in [1.165, 1.54) is 6.42 Å². The number of nitrogens with zero attached hydrogens (tertiary/aromatic N) is 1. The van der Waals surface area contributed by atoms with E-state index in [0.29, 0.717) is 17.8 Å². The fourth-order valence-electron chi connectivity index (χ4n) is 2.47. The van der Waals surface area contributed by atoms with Crippen LogP contribution in [-0.2, 0) is 5.88 Å². The number of piperidine rings is 1. The van der Waals surface area contributed by atoms with Crippen molar-refractivity contribution in [1.29, 1.82) is 0 Å². The van der Waals surface area contributed by atoms with Gasteiger partial charge < -0.3 is 4.90 Å². The van der Waals surface area contributed by atoms with Gasteiger partial charge in [0.25, 0.3) is 5.91 Å². The van der Waals surface area contributed by atoms with E-state index in [2.05, 4.69) is 13.8 Å². The molecule has 1 aromatic rings. The standard InChI is InChI=1S/C15H20ClNO/c1-11-3-4-12(2)17(10-11)15(18)14-7-5-13(9-16)6-8-14/h5-8,11-12H,3-4,9-10H2,1-2H3. The monoisotopic (exact) mass is 265 g/mol. The summed E-state index contributed by atoms with van der Waals surface area (Å²) in [6.45, 7) is 5.22. The van der Waals surface area contributed by atoms with E-state index >= 15 is 0 Å². The number of rotatable bonds is 2. The summed E-state index contributed by atoms with van der Waals surface area (Å²) in [5.41, 5.74) is 1.82. The highest BCUT2D eigenvalue weighted by Crippen LogP contribution is 2.23. The molecule has 2 rings (SSSR count). The van der Waals surface area contributed by atoms with E-state index in [1.807, 2.05) is 29.2 Å². The van der Waals surface area contributed by atoms with Crippen molar-refractivity contribution >= 4 is 17.5 Å². The van der Waals surface area contributed by atoms with Gasteiger partial charge in [0, 0.05) is 24.0 Å². The summed E-state index contributed by atoms with van der Waals surface area (Å²) in [4.78, 5) is 14.5. The molecule has 1 heterocycles. The van der Waals surface area contributed by atoms with Crippen LogP contribution in [0, 0.1) is 5.92 Å². The maximum absolute atomic E-state index is 12.4. The molecule has 0 saturated carbocycles. The first-order chi connectivity index (χ1) is 8.61. The van der Waals surface area contributed by atoms with Crippen LogP contribution in [0.4, 0.5) is 0 Å². The number of likely N-dealkylation sites (tertiary alicyclic amines) is 1. The Hall–Kier alpha value is -1.02. The number of halogens is 1. The molecule has 1 saturated heterocycles. The largest absolute Gasteiger partial charge is 0.336 e. The smallest absolute Gasteiger partial charge is 0.254 e. The number of carbonyl (C=O) groups is 1. The topological polar surface area (TPSA) is 20.3 Å². The van der Waals surface area contributed by atoms with E-state index in [9.17, 15) is 4.79 Å². The van der Waals surface area contributed by atoms with Gasteiger partial charge in [0.15, 0.2) is 0 Å². The molecule has 0 bridgehead atoms. The molecule has 1 aliphatic rings. The summed E-state index contributed by atoms with van der Waals surface area (Å²) in [7, 11) is 0. The summed E-state index contributed by atoms with van der Waals surface area (Å²) < 4.78 is 0. The Kier molecular flexibility index (Phi) is 4.28. The molecule has 2 nitrogen and oxygen atoms in total. The van der Waals surface area contributed by atoms with Crippen LogP contribution in [-0.4, -0.2) is 23.4 Å². The molecular formula is C15H20ClNO. The first kappa shape index (κ1) is 13.4. The van der Waals surface area contributed by atoms with Crippen LogP contribution in [0.1, 0.15) is 42.6 Å². The van der Waals surface area contributed by atoms with Crippen LogP contribution in [0.5, 0.6) is 0 Å². The van der Waals surface area contributed by atoms with Crippen molar-refractivity contribution in [3.63, 3.8) is 0 Å². The number of carbonyl (C=O) groups excluding carboxylic acids is 1. The summed E-state index contributed by atoms with van der Waals surface area (Å²) in [6, 6.07) is 7.97. The van der Waals surface area contributed by atoms with Crippen LogP contribution in [0.25, 0.3) is 0 Å². The second-order valence-corrected chi connectivity index (χ2v) is 5.59. The maximum Gasteiger partial charge on any atom is 0.254 e. The van der Waals surface area contributed by atoms with Gasteiger partial charge in [0.1, 0.15) is 0 Å². The van der Waals surface area contributed by atoms with Crippen molar-refractivity contribution in [2.75, 3.05) is 6.54 Å². The van der Waals surface area contributed by atoms with E-state index in [-0.39, 0.29) is 5.91 Å². The SMILES string of the molecule is CC1CCC(C)N(C(=O)c2ccc(CCl)cc2)C1. The first-order valence-electron chi connectivity index (χ1n) is 6.57. The van der Waals surface area contributed by atoms with Crippen LogP contribution in [0.15, 0.2) is 24.3 Å². The summed E-state index contributed by atoms with van der Waals surface area (Å²) in [5, 5.41) is 0. The normalized spacial score (nSPS) is 24.1.